The Morgan fingerprint density at radius 2 is 1.51 bits per heavy atom. The van der Waals surface area contributed by atoms with Crippen molar-refractivity contribution in [1.29, 1.82) is 0 Å². The van der Waals surface area contributed by atoms with E-state index in [0.29, 0.717) is 35.4 Å². The molecule has 4 aromatic carbocycles. The summed E-state index contributed by atoms with van der Waals surface area (Å²) in [5.74, 6) is 1.06. The van der Waals surface area contributed by atoms with Crippen molar-refractivity contribution in [2.45, 2.75) is 13.2 Å². The Labute approximate surface area is 231 Å². The van der Waals surface area contributed by atoms with Crippen LogP contribution in [0.1, 0.15) is 27.2 Å². The maximum Gasteiger partial charge on any atom is 0.289 e. The highest BCUT2D eigenvalue weighted by Gasteiger charge is 2.11. The number of rotatable bonds is 10. The molecule has 1 aromatic heterocycles. The average Bonchev–Trinajstić information content (AvgIpc) is 3.48. The Morgan fingerprint density at radius 1 is 0.846 bits per heavy atom. The minimum absolute atomic E-state index is 0.297. The number of nitrogens with zero attached hydrogens (tertiary/aromatic N) is 2. The third-order valence-electron chi connectivity index (χ3n) is 5.83. The average molecular weight is 537 g/mol. The molecule has 5 aromatic rings. The van der Waals surface area contributed by atoms with E-state index >= 15 is 0 Å². The normalized spacial score (nSPS) is 10.9. The zero-order valence-electron chi connectivity index (χ0n) is 20.9. The molecule has 0 unspecified atom stereocenters. The summed E-state index contributed by atoms with van der Waals surface area (Å²) in [7, 11) is 0. The maximum atomic E-state index is 12.5. The number of carbonyl (C=O) groups excluding carboxylic acids is 1. The van der Waals surface area contributed by atoms with Crippen LogP contribution in [0.4, 0.5) is 0 Å². The fourth-order valence-electron chi connectivity index (χ4n) is 3.70. The third kappa shape index (κ3) is 7.12. The molecule has 2 N–H and O–H groups in total. The highest BCUT2D eigenvalue weighted by Crippen LogP contribution is 2.23. The van der Waals surface area contributed by atoms with Gasteiger partial charge in [-0.3, -0.25) is 9.89 Å². The standard InChI is InChI=1S/C31H25ClN4O3/c32-28-9-5-4-8-25(28)21-39-27-16-12-24(13-17-27)29-18-30(35-34-29)31(37)36-33-19-22-10-14-26(15-11-22)38-20-23-6-2-1-3-7-23/h1-19H,20-21H2,(H,34,35)(H,36,37)/b33-19-. The SMILES string of the molecule is O=C(N/N=C\c1ccc(OCc2ccccc2)cc1)c1cc(-c2ccc(OCc3ccccc3Cl)cc2)n[nH]1. The number of carbonyl (C=O) groups is 1. The largest absolute Gasteiger partial charge is 0.489 e. The van der Waals surface area contributed by atoms with Gasteiger partial charge in [0.15, 0.2) is 0 Å². The first-order valence-electron chi connectivity index (χ1n) is 12.3. The van der Waals surface area contributed by atoms with E-state index in [1.807, 2.05) is 103 Å². The molecule has 0 saturated carbocycles. The van der Waals surface area contributed by atoms with Crippen LogP contribution < -0.4 is 14.9 Å². The molecule has 0 bridgehead atoms. The second kappa shape index (κ2) is 12.6. The van der Waals surface area contributed by atoms with Crippen LogP contribution in [-0.2, 0) is 13.2 Å². The molecule has 0 aliphatic rings. The number of ether oxygens (including phenoxy) is 2. The number of H-pyrrole nitrogens is 1. The summed E-state index contributed by atoms with van der Waals surface area (Å²) in [4.78, 5) is 12.5. The maximum absolute atomic E-state index is 12.5. The molecular formula is C31H25ClN4O3. The molecular weight excluding hydrogens is 512 g/mol. The number of aromatic amines is 1. The fraction of sp³-hybridized carbons (Fsp3) is 0.0645. The third-order valence-corrected chi connectivity index (χ3v) is 6.20. The number of nitrogens with one attached hydrogen (secondary N) is 2. The summed E-state index contributed by atoms with van der Waals surface area (Å²) in [6, 6.07) is 34.1. The van der Waals surface area contributed by atoms with Crippen molar-refractivity contribution in [1.82, 2.24) is 15.6 Å². The smallest absolute Gasteiger partial charge is 0.289 e. The summed E-state index contributed by atoms with van der Waals surface area (Å²) in [6.07, 6.45) is 1.57. The molecule has 0 atom stereocenters. The Balaban J connectivity index is 1.11. The number of hydrazone groups is 1. The van der Waals surface area contributed by atoms with E-state index in [1.165, 1.54) is 0 Å². The Hall–Kier alpha value is -4.88. The number of benzene rings is 4. The molecule has 194 valence electrons. The van der Waals surface area contributed by atoms with Crippen LogP contribution in [0.2, 0.25) is 5.02 Å². The van der Waals surface area contributed by atoms with E-state index in [0.717, 1.165) is 28.0 Å². The first kappa shape index (κ1) is 25.8. The first-order valence-corrected chi connectivity index (χ1v) is 12.6. The van der Waals surface area contributed by atoms with Crippen molar-refractivity contribution >= 4 is 23.7 Å². The van der Waals surface area contributed by atoms with Gasteiger partial charge in [0, 0.05) is 16.1 Å². The van der Waals surface area contributed by atoms with Gasteiger partial charge in [0.1, 0.15) is 30.4 Å². The van der Waals surface area contributed by atoms with Crippen LogP contribution >= 0.6 is 11.6 Å². The summed E-state index contributed by atoms with van der Waals surface area (Å²) in [5, 5.41) is 11.7. The van der Waals surface area contributed by atoms with Gasteiger partial charge in [-0.25, -0.2) is 5.43 Å². The van der Waals surface area contributed by atoms with Gasteiger partial charge >= 0.3 is 0 Å². The number of hydrogen-bond donors (Lipinski definition) is 2. The Morgan fingerprint density at radius 3 is 2.26 bits per heavy atom. The van der Waals surface area contributed by atoms with Crippen LogP contribution in [0, 0.1) is 0 Å². The van der Waals surface area contributed by atoms with Gasteiger partial charge in [-0.15, -0.1) is 0 Å². The molecule has 5 rings (SSSR count). The molecule has 0 spiro atoms. The number of aromatic nitrogens is 2. The summed E-state index contributed by atoms with van der Waals surface area (Å²) < 4.78 is 11.6. The van der Waals surface area contributed by atoms with Gasteiger partial charge in [0.2, 0.25) is 0 Å². The van der Waals surface area contributed by atoms with E-state index in [9.17, 15) is 4.79 Å². The van der Waals surface area contributed by atoms with E-state index in [2.05, 4.69) is 20.7 Å². The number of halogens is 1. The van der Waals surface area contributed by atoms with Crippen molar-refractivity contribution in [3.05, 3.63) is 137 Å². The minimum atomic E-state index is -0.396. The molecule has 0 radical (unpaired) electrons. The lowest BCUT2D eigenvalue weighted by Crippen LogP contribution is -2.17. The molecule has 0 saturated heterocycles. The number of hydrogen-bond acceptors (Lipinski definition) is 5. The molecule has 8 heteroatoms. The van der Waals surface area contributed by atoms with Crippen molar-refractivity contribution in [3.8, 4) is 22.8 Å². The monoisotopic (exact) mass is 536 g/mol. The van der Waals surface area contributed by atoms with Crippen LogP contribution in [0.15, 0.2) is 114 Å². The van der Waals surface area contributed by atoms with Crippen molar-refractivity contribution < 1.29 is 14.3 Å². The summed E-state index contributed by atoms with van der Waals surface area (Å²) >= 11 is 6.18. The first-order chi connectivity index (χ1) is 19.1. The lowest BCUT2D eigenvalue weighted by molar-refractivity contribution is 0.0950. The molecule has 7 nitrogen and oxygen atoms in total. The Bertz CT molecular complexity index is 1550. The van der Waals surface area contributed by atoms with Gasteiger partial charge in [0.05, 0.1) is 11.9 Å². The topological polar surface area (TPSA) is 88.6 Å². The van der Waals surface area contributed by atoms with E-state index in [4.69, 9.17) is 21.1 Å². The highest BCUT2D eigenvalue weighted by atomic mass is 35.5. The quantitative estimate of drug-likeness (QED) is 0.154. The summed E-state index contributed by atoms with van der Waals surface area (Å²) in [6.45, 7) is 0.871. The molecule has 39 heavy (non-hydrogen) atoms. The lowest BCUT2D eigenvalue weighted by atomic mass is 10.1. The number of amides is 1. The minimum Gasteiger partial charge on any atom is -0.489 e. The van der Waals surface area contributed by atoms with E-state index in [-0.39, 0.29) is 0 Å². The molecule has 0 fully saturated rings. The second-order valence-corrected chi connectivity index (χ2v) is 9.02. The van der Waals surface area contributed by atoms with Gasteiger partial charge in [-0.2, -0.15) is 10.2 Å². The van der Waals surface area contributed by atoms with Gasteiger partial charge in [0.25, 0.3) is 5.91 Å². The fourth-order valence-corrected chi connectivity index (χ4v) is 3.89. The predicted octanol–water partition coefficient (Wildman–Crippen LogP) is 6.65. The van der Waals surface area contributed by atoms with Gasteiger partial charge in [-0.1, -0.05) is 60.1 Å². The molecule has 1 amide bonds. The van der Waals surface area contributed by atoms with Crippen LogP contribution in [-0.4, -0.2) is 22.3 Å². The van der Waals surface area contributed by atoms with E-state index < -0.39 is 5.91 Å². The van der Waals surface area contributed by atoms with Crippen LogP contribution in [0.3, 0.4) is 0 Å². The van der Waals surface area contributed by atoms with Crippen LogP contribution in [0.25, 0.3) is 11.3 Å². The van der Waals surface area contributed by atoms with Crippen molar-refractivity contribution in [2.75, 3.05) is 0 Å². The summed E-state index contributed by atoms with van der Waals surface area (Å²) in [5.41, 5.74) is 7.13. The lowest BCUT2D eigenvalue weighted by Gasteiger charge is -2.08. The van der Waals surface area contributed by atoms with Crippen molar-refractivity contribution in [3.63, 3.8) is 0 Å². The van der Waals surface area contributed by atoms with Crippen LogP contribution in [0.5, 0.6) is 11.5 Å². The molecule has 1 heterocycles. The predicted molar refractivity (Wildman–Crippen MR) is 152 cm³/mol. The Kier molecular flexibility index (Phi) is 8.31. The van der Waals surface area contributed by atoms with E-state index in [1.54, 1.807) is 12.3 Å². The molecule has 0 aliphatic carbocycles. The zero-order chi connectivity index (χ0) is 26.9. The highest BCUT2D eigenvalue weighted by molar-refractivity contribution is 6.31. The second-order valence-electron chi connectivity index (χ2n) is 8.61. The van der Waals surface area contributed by atoms with Crippen molar-refractivity contribution in [2.24, 2.45) is 5.10 Å². The van der Waals surface area contributed by atoms with Gasteiger partial charge < -0.3 is 9.47 Å². The zero-order valence-corrected chi connectivity index (χ0v) is 21.6. The molecule has 0 aliphatic heterocycles. The van der Waals surface area contributed by atoms with Gasteiger partial charge in [-0.05, 0) is 71.8 Å².